The summed E-state index contributed by atoms with van der Waals surface area (Å²) >= 11 is 3.37. The van der Waals surface area contributed by atoms with E-state index in [1.165, 1.54) is 0 Å². The normalized spacial score (nSPS) is 12.8. The lowest BCUT2D eigenvalue weighted by Gasteiger charge is -2.08. The third-order valence-electron chi connectivity index (χ3n) is 1.96. The lowest BCUT2D eigenvalue weighted by atomic mass is 10.2. The van der Waals surface area contributed by atoms with Gasteiger partial charge in [-0.15, -0.1) is 0 Å². The van der Waals surface area contributed by atoms with Gasteiger partial charge in [-0.1, -0.05) is 35.0 Å². The van der Waals surface area contributed by atoms with Crippen molar-refractivity contribution >= 4 is 15.9 Å². The largest absolute Gasteiger partial charge is 0.391 e. The summed E-state index contributed by atoms with van der Waals surface area (Å²) in [5, 5.41) is 9.25. The van der Waals surface area contributed by atoms with Crippen LogP contribution in [0.25, 0.3) is 0 Å². The van der Waals surface area contributed by atoms with E-state index in [-0.39, 0.29) is 6.10 Å². The van der Waals surface area contributed by atoms with Crippen molar-refractivity contribution in [3.8, 4) is 0 Å². The van der Waals surface area contributed by atoms with E-state index < -0.39 is 0 Å². The van der Waals surface area contributed by atoms with Gasteiger partial charge in [-0.2, -0.15) is 0 Å². The van der Waals surface area contributed by atoms with Gasteiger partial charge in [0.1, 0.15) is 0 Å². The zero-order chi connectivity index (χ0) is 10.4. The van der Waals surface area contributed by atoms with Crippen molar-refractivity contribution in [3.05, 3.63) is 34.3 Å². The Balaban J connectivity index is 2.28. The monoisotopic (exact) mass is 258 g/mol. The smallest absolute Gasteiger partial charge is 0.0771 e. The summed E-state index contributed by atoms with van der Waals surface area (Å²) in [5.41, 5.74) is 1.12. The van der Waals surface area contributed by atoms with Crippen molar-refractivity contribution in [3.63, 3.8) is 0 Å². The van der Waals surface area contributed by atoms with Crippen LogP contribution in [0.5, 0.6) is 0 Å². The lowest BCUT2D eigenvalue weighted by Crippen LogP contribution is -2.13. The molecule has 1 rings (SSSR count). The van der Waals surface area contributed by atoms with Crippen molar-refractivity contribution in [1.29, 1.82) is 0 Å². The van der Waals surface area contributed by atoms with Crippen LogP contribution in [0.3, 0.4) is 0 Å². The molecule has 2 nitrogen and oxygen atoms in total. The molecular formula is C11H15BrO2. The second kappa shape index (κ2) is 6.17. The fraction of sp³-hybridized carbons (Fsp3) is 0.455. The van der Waals surface area contributed by atoms with Crippen molar-refractivity contribution in [2.75, 3.05) is 6.61 Å². The first-order valence-electron chi connectivity index (χ1n) is 4.72. The number of rotatable bonds is 5. The molecule has 0 spiro atoms. The van der Waals surface area contributed by atoms with Crippen molar-refractivity contribution in [2.24, 2.45) is 0 Å². The third kappa shape index (κ3) is 4.22. The Hall–Kier alpha value is -0.380. The van der Waals surface area contributed by atoms with Crippen LogP contribution in [0.4, 0.5) is 0 Å². The number of hydrogen-bond acceptors (Lipinski definition) is 2. The molecular weight excluding hydrogens is 244 g/mol. The zero-order valence-electron chi connectivity index (χ0n) is 8.24. The lowest BCUT2D eigenvalue weighted by molar-refractivity contribution is 0.0269. The van der Waals surface area contributed by atoms with Crippen LogP contribution in [-0.2, 0) is 11.3 Å². The molecule has 14 heavy (non-hydrogen) atoms. The predicted molar refractivity (Wildman–Crippen MR) is 60.1 cm³/mol. The summed E-state index contributed by atoms with van der Waals surface area (Å²) in [5.74, 6) is 0. The van der Waals surface area contributed by atoms with Gasteiger partial charge in [0.2, 0.25) is 0 Å². The maximum absolute atomic E-state index is 9.25. The van der Waals surface area contributed by atoms with E-state index >= 15 is 0 Å². The molecule has 1 aromatic carbocycles. The van der Waals surface area contributed by atoms with Crippen LogP contribution in [0.2, 0.25) is 0 Å². The van der Waals surface area contributed by atoms with E-state index in [1.807, 2.05) is 31.2 Å². The summed E-state index contributed by atoms with van der Waals surface area (Å²) in [4.78, 5) is 0. The maximum atomic E-state index is 9.25. The average Bonchev–Trinajstić information content (AvgIpc) is 2.21. The quantitative estimate of drug-likeness (QED) is 0.881. The summed E-state index contributed by atoms with van der Waals surface area (Å²) in [6.07, 6.45) is 0.394. The summed E-state index contributed by atoms with van der Waals surface area (Å²) in [6.45, 7) is 2.91. The fourth-order valence-electron chi connectivity index (χ4n) is 1.01. The molecule has 1 atom stereocenters. The van der Waals surface area contributed by atoms with Gasteiger partial charge in [-0.3, -0.25) is 0 Å². The van der Waals surface area contributed by atoms with Crippen LogP contribution in [0.1, 0.15) is 18.9 Å². The van der Waals surface area contributed by atoms with Crippen LogP contribution < -0.4 is 0 Å². The number of aliphatic hydroxyl groups is 1. The number of hydrogen-bond donors (Lipinski definition) is 1. The van der Waals surface area contributed by atoms with Gasteiger partial charge < -0.3 is 9.84 Å². The molecule has 0 aliphatic carbocycles. The summed E-state index contributed by atoms with van der Waals surface area (Å²) in [7, 11) is 0. The van der Waals surface area contributed by atoms with Gasteiger partial charge in [-0.05, 0) is 24.1 Å². The second-order valence-electron chi connectivity index (χ2n) is 3.20. The van der Waals surface area contributed by atoms with Crippen molar-refractivity contribution in [2.45, 2.75) is 26.1 Å². The Bertz CT molecular complexity index is 258. The van der Waals surface area contributed by atoms with Gasteiger partial charge in [0.15, 0.2) is 0 Å². The number of ether oxygens (including phenoxy) is 1. The minimum atomic E-state index is -0.342. The minimum absolute atomic E-state index is 0.342. The van der Waals surface area contributed by atoms with Gasteiger partial charge in [0.05, 0.1) is 19.3 Å². The highest BCUT2D eigenvalue weighted by Crippen LogP contribution is 2.11. The Morgan fingerprint density at radius 3 is 2.57 bits per heavy atom. The first-order valence-corrected chi connectivity index (χ1v) is 5.52. The first-order chi connectivity index (χ1) is 6.72. The molecule has 1 N–H and O–H groups in total. The Kier molecular flexibility index (Phi) is 5.15. The average molecular weight is 259 g/mol. The molecule has 3 heteroatoms. The molecule has 78 valence electrons. The SMILES string of the molecule is CC[C@H](O)COCc1ccc(Br)cc1. The minimum Gasteiger partial charge on any atom is -0.391 e. The van der Waals surface area contributed by atoms with Gasteiger partial charge in [-0.25, -0.2) is 0 Å². The molecule has 0 unspecified atom stereocenters. The van der Waals surface area contributed by atoms with Gasteiger partial charge in [0.25, 0.3) is 0 Å². The third-order valence-corrected chi connectivity index (χ3v) is 2.49. The number of aliphatic hydroxyl groups excluding tert-OH is 1. The molecule has 0 amide bonds. The van der Waals surface area contributed by atoms with E-state index in [1.54, 1.807) is 0 Å². The molecule has 0 bridgehead atoms. The fourth-order valence-corrected chi connectivity index (χ4v) is 1.28. The summed E-state index contributed by atoms with van der Waals surface area (Å²) in [6, 6.07) is 7.97. The zero-order valence-corrected chi connectivity index (χ0v) is 9.83. The highest BCUT2D eigenvalue weighted by Gasteiger charge is 2.00. The van der Waals surface area contributed by atoms with E-state index in [0.29, 0.717) is 13.2 Å². The van der Waals surface area contributed by atoms with Crippen LogP contribution in [-0.4, -0.2) is 17.8 Å². The van der Waals surface area contributed by atoms with Crippen LogP contribution in [0.15, 0.2) is 28.7 Å². The topological polar surface area (TPSA) is 29.5 Å². The van der Waals surface area contributed by atoms with E-state index in [4.69, 9.17) is 4.74 Å². The molecule has 1 aromatic rings. The van der Waals surface area contributed by atoms with Crippen LogP contribution >= 0.6 is 15.9 Å². The molecule has 0 aromatic heterocycles. The second-order valence-corrected chi connectivity index (χ2v) is 4.12. The standard InChI is InChI=1S/C11H15BrO2/c1-2-11(13)8-14-7-9-3-5-10(12)6-4-9/h3-6,11,13H,2,7-8H2,1H3/t11-/m0/s1. The number of halogens is 1. The molecule has 0 saturated carbocycles. The van der Waals surface area contributed by atoms with E-state index in [2.05, 4.69) is 15.9 Å². The molecule has 0 aliphatic heterocycles. The van der Waals surface area contributed by atoms with Gasteiger partial charge >= 0.3 is 0 Å². The highest BCUT2D eigenvalue weighted by molar-refractivity contribution is 9.10. The summed E-state index contributed by atoms with van der Waals surface area (Å²) < 4.78 is 6.41. The highest BCUT2D eigenvalue weighted by atomic mass is 79.9. The predicted octanol–water partition coefficient (Wildman–Crippen LogP) is 2.74. The number of benzene rings is 1. The molecule has 0 aliphatic rings. The van der Waals surface area contributed by atoms with E-state index in [0.717, 1.165) is 16.5 Å². The Morgan fingerprint density at radius 1 is 1.36 bits per heavy atom. The molecule has 0 saturated heterocycles. The van der Waals surface area contributed by atoms with Crippen molar-refractivity contribution in [1.82, 2.24) is 0 Å². The Labute approximate surface area is 93.0 Å². The maximum Gasteiger partial charge on any atom is 0.0771 e. The molecule has 0 fully saturated rings. The Morgan fingerprint density at radius 2 is 2.00 bits per heavy atom. The first kappa shape index (κ1) is 11.7. The van der Waals surface area contributed by atoms with Crippen LogP contribution in [0, 0.1) is 0 Å². The van der Waals surface area contributed by atoms with Crippen molar-refractivity contribution < 1.29 is 9.84 Å². The van der Waals surface area contributed by atoms with Gasteiger partial charge in [0, 0.05) is 4.47 Å². The molecule has 0 heterocycles. The molecule has 0 radical (unpaired) electrons. The van der Waals surface area contributed by atoms with E-state index in [9.17, 15) is 5.11 Å².